The van der Waals surface area contributed by atoms with Crippen LogP contribution in [-0.4, -0.2) is 41.6 Å². The number of thiazole rings is 1. The van der Waals surface area contributed by atoms with Gasteiger partial charge in [-0.1, -0.05) is 0 Å². The van der Waals surface area contributed by atoms with Gasteiger partial charge in [-0.15, -0.1) is 11.3 Å². The number of likely N-dealkylation sites (N-methyl/N-ethyl adjacent to an activating group) is 1. The highest BCUT2D eigenvalue weighted by molar-refractivity contribution is 7.09. The van der Waals surface area contributed by atoms with Gasteiger partial charge in [0.1, 0.15) is 6.10 Å². The maximum atomic E-state index is 12.2. The average Bonchev–Trinajstić information content (AvgIpc) is 2.98. The van der Waals surface area contributed by atoms with Crippen molar-refractivity contribution < 1.29 is 9.53 Å². The maximum absolute atomic E-state index is 12.2. The minimum atomic E-state index is -0.322. The van der Waals surface area contributed by atoms with E-state index in [0.717, 1.165) is 23.4 Å². The summed E-state index contributed by atoms with van der Waals surface area (Å²) >= 11 is 1.58. The molecule has 1 amide bonds. The van der Waals surface area contributed by atoms with Crippen molar-refractivity contribution in [3.8, 4) is 0 Å². The van der Waals surface area contributed by atoms with Crippen LogP contribution in [0.3, 0.4) is 0 Å². The highest BCUT2D eigenvalue weighted by Crippen LogP contribution is 2.22. The van der Waals surface area contributed by atoms with Gasteiger partial charge >= 0.3 is 0 Å². The summed E-state index contributed by atoms with van der Waals surface area (Å²) in [4.78, 5) is 19.2. The van der Waals surface area contributed by atoms with E-state index in [2.05, 4.69) is 4.98 Å². The van der Waals surface area contributed by atoms with Gasteiger partial charge in [-0.2, -0.15) is 0 Å². The van der Waals surface area contributed by atoms with Crippen LogP contribution in [-0.2, 0) is 16.1 Å². The van der Waals surface area contributed by atoms with Gasteiger partial charge in [-0.3, -0.25) is 4.79 Å². The Morgan fingerprint density at radius 3 is 3.00 bits per heavy atom. The molecule has 2 rings (SSSR count). The second-order valence-corrected chi connectivity index (χ2v) is 5.55. The first-order chi connectivity index (χ1) is 8.61. The number of amides is 1. The number of rotatable bonds is 4. The van der Waals surface area contributed by atoms with Crippen LogP contribution in [0, 0.1) is 6.92 Å². The lowest BCUT2D eigenvalue weighted by molar-refractivity contribution is -0.141. The molecule has 2 atom stereocenters. The summed E-state index contributed by atoms with van der Waals surface area (Å²) in [6.07, 6.45) is 1.36. The molecule has 5 nitrogen and oxygen atoms in total. The van der Waals surface area contributed by atoms with E-state index in [1.54, 1.807) is 28.8 Å². The Balaban J connectivity index is 1.91. The highest BCUT2D eigenvalue weighted by Gasteiger charge is 2.31. The maximum Gasteiger partial charge on any atom is 0.251 e. The standard InChI is InChI=1S/C12H19N3O2S/c1-8-11(18-7-14-8)6-15(2)12(16)10-4-3-9(5-13)17-10/h7,9-10H,3-6,13H2,1-2H3. The molecule has 100 valence electrons. The second kappa shape index (κ2) is 5.77. The van der Waals surface area contributed by atoms with Crippen LogP contribution in [0.25, 0.3) is 0 Å². The molecular formula is C12H19N3O2S. The molecule has 1 aliphatic rings. The fourth-order valence-corrected chi connectivity index (χ4v) is 2.91. The van der Waals surface area contributed by atoms with Gasteiger partial charge in [0.25, 0.3) is 5.91 Å². The van der Waals surface area contributed by atoms with Gasteiger partial charge in [0.05, 0.1) is 23.9 Å². The van der Waals surface area contributed by atoms with E-state index in [0.29, 0.717) is 13.1 Å². The van der Waals surface area contributed by atoms with Gasteiger partial charge in [0.2, 0.25) is 0 Å². The fraction of sp³-hybridized carbons (Fsp3) is 0.667. The summed E-state index contributed by atoms with van der Waals surface area (Å²) in [6, 6.07) is 0. The first-order valence-corrected chi connectivity index (χ1v) is 6.99. The number of carbonyl (C=O) groups is 1. The molecule has 0 aromatic carbocycles. The molecule has 0 aliphatic carbocycles. The number of carbonyl (C=O) groups excluding carboxylic acids is 1. The first kappa shape index (κ1) is 13.5. The van der Waals surface area contributed by atoms with E-state index in [1.165, 1.54) is 0 Å². The summed E-state index contributed by atoms with van der Waals surface area (Å²) in [7, 11) is 1.81. The third-order valence-corrected chi connectivity index (χ3v) is 4.17. The smallest absolute Gasteiger partial charge is 0.251 e. The number of aryl methyl sites for hydroxylation is 1. The Morgan fingerprint density at radius 2 is 2.44 bits per heavy atom. The van der Waals surface area contributed by atoms with Crippen molar-refractivity contribution in [3.63, 3.8) is 0 Å². The summed E-state index contributed by atoms with van der Waals surface area (Å²) in [6.45, 7) is 3.05. The van der Waals surface area contributed by atoms with Crippen LogP contribution >= 0.6 is 11.3 Å². The fourth-order valence-electron chi connectivity index (χ4n) is 2.08. The summed E-state index contributed by atoms with van der Waals surface area (Å²) < 4.78 is 5.61. The lowest BCUT2D eigenvalue weighted by Gasteiger charge is -2.20. The van der Waals surface area contributed by atoms with Crippen molar-refractivity contribution in [1.29, 1.82) is 0 Å². The molecule has 1 aromatic rings. The summed E-state index contributed by atoms with van der Waals surface area (Å²) in [5.41, 5.74) is 8.34. The molecule has 2 N–H and O–H groups in total. The van der Waals surface area contributed by atoms with E-state index in [4.69, 9.17) is 10.5 Å². The van der Waals surface area contributed by atoms with Crippen LogP contribution < -0.4 is 5.73 Å². The number of hydrogen-bond acceptors (Lipinski definition) is 5. The predicted molar refractivity (Wildman–Crippen MR) is 70.3 cm³/mol. The van der Waals surface area contributed by atoms with Gasteiger partial charge in [0, 0.05) is 18.5 Å². The van der Waals surface area contributed by atoms with E-state index < -0.39 is 0 Å². The van der Waals surface area contributed by atoms with Crippen molar-refractivity contribution in [2.75, 3.05) is 13.6 Å². The Kier molecular flexibility index (Phi) is 4.31. The van der Waals surface area contributed by atoms with Gasteiger partial charge in [-0.25, -0.2) is 4.98 Å². The Bertz CT molecular complexity index is 421. The third kappa shape index (κ3) is 2.88. The van der Waals surface area contributed by atoms with Gasteiger partial charge in [0.15, 0.2) is 0 Å². The van der Waals surface area contributed by atoms with Crippen LogP contribution in [0.5, 0.6) is 0 Å². The Labute approximate surface area is 111 Å². The Morgan fingerprint density at radius 1 is 1.67 bits per heavy atom. The molecule has 1 aromatic heterocycles. The minimum absolute atomic E-state index is 0.0393. The largest absolute Gasteiger partial charge is 0.364 e. The number of nitrogens with zero attached hydrogens (tertiary/aromatic N) is 2. The van der Waals surface area contributed by atoms with E-state index in [9.17, 15) is 4.79 Å². The molecule has 0 spiro atoms. The van der Waals surface area contributed by atoms with Crippen LogP contribution in [0.15, 0.2) is 5.51 Å². The van der Waals surface area contributed by atoms with Crippen molar-refractivity contribution >= 4 is 17.2 Å². The van der Waals surface area contributed by atoms with Crippen molar-refractivity contribution in [2.24, 2.45) is 5.73 Å². The van der Waals surface area contributed by atoms with Crippen LogP contribution in [0.4, 0.5) is 0 Å². The van der Waals surface area contributed by atoms with E-state index in [1.807, 2.05) is 6.92 Å². The molecule has 1 aliphatic heterocycles. The number of nitrogens with two attached hydrogens (primary N) is 1. The molecule has 1 saturated heterocycles. The monoisotopic (exact) mass is 269 g/mol. The average molecular weight is 269 g/mol. The molecule has 2 heterocycles. The van der Waals surface area contributed by atoms with E-state index >= 15 is 0 Å². The Hall–Kier alpha value is -0.980. The van der Waals surface area contributed by atoms with Crippen LogP contribution in [0.1, 0.15) is 23.4 Å². The number of aromatic nitrogens is 1. The highest BCUT2D eigenvalue weighted by atomic mass is 32.1. The quantitative estimate of drug-likeness (QED) is 0.882. The normalized spacial score (nSPS) is 23.3. The molecular weight excluding hydrogens is 250 g/mol. The lowest BCUT2D eigenvalue weighted by Crippen LogP contribution is -2.36. The van der Waals surface area contributed by atoms with E-state index in [-0.39, 0.29) is 18.1 Å². The third-order valence-electron chi connectivity index (χ3n) is 3.25. The zero-order chi connectivity index (χ0) is 13.1. The van der Waals surface area contributed by atoms with Gasteiger partial charge < -0.3 is 15.4 Å². The van der Waals surface area contributed by atoms with Crippen molar-refractivity contribution in [1.82, 2.24) is 9.88 Å². The first-order valence-electron chi connectivity index (χ1n) is 6.11. The molecule has 0 radical (unpaired) electrons. The molecule has 1 fully saturated rings. The second-order valence-electron chi connectivity index (χ2n) is 4.62. The molecule has 18 heavy (non-hydrogen) atoms. The van der Waals surface area contributed by atoms with Gasteiger partial charge in [-0.05, 0) is 19.8 Å². The summed E-state index contributed by atoms with van der Waals surface area (Å²) in [5.74, 6) is 0.0405. The van der Waals surface area contributed by atoms with Crippen molar-refractivity contribution in [3.05, 3.63) is 16.1 Å². The molecule has 0 saturated carbocycles. The molecule has 0 bridgehead atoms. The topological polar surface area (TPSA) is 68.5 Å². The lowest BCUT2D eigenvalue weighted by atomic mass is 10.2. The molecule has 6 heteroatoms. The predicted octanol–water partition coefficient (Wildman–Crippen LogP) is 0.916. The summed E-state index contributed by atoms with van der Waals surface area (Å²) in [5, 5.41) is 0. The zero-order valence-corrected chi connectivity index (χ0v) is 11.6. The number of ether oxygens (including phenoxy) is 1. The molecule has 2 unspecified atom stereocenters. The SMILES string of the molecule is Cc1ncsc1CN(C)C(=O)C1CCC(CN)O1. The van der Waals surface area contributed by atoms with Crippen LogP contribution in [0.2, 0.25) is 0 Å². The van der Waals surface area contributed by atoms with Crippen molar-refractivity contribution in [2.45, 2.75) is 38.5 Å². The zero-order valence-electron chi connectivity index (χ0n) is 10.8. The number of hydrogen-bond donors (Lipinski definition) is 1. The minimum Gasteiger partial charge on any atom is -0.364 e.